The number of carbonyl (C=O) groups excluding carboxylic acids is 1. The van der Waals surface area contributed by atoms with Gasteiger partial charge in [-0.25, -0.2) is 14.6 Å². The molecule has 0 radical (unpaired) electrons. The molecule has 0 aliphatic carbocycles. The lowest BCUT2D eigenvalue weighted by molar-refractivity contribution is -0.118. The van der Waals surface area contributed by atoms with Crippen molar-refractivity contribution in [1.29, 1.82) is 0 Å². The highest BCUT2D eigenvalue weighted by atomic mass is 32.2. The minimum absolute atomic E-state index is 0.00242. The van der Waals surface area contributed by atoms with Crippen molar-refractivity contribution in [3.05, 3.63) is 52.6 Å². The minimum Gasteiger partial charge on any atom is -0.387 e. The fourth-order valence-corrected chi connectivity index (χ4v) is 6.53. The number of hydrogen-bond acceptors (Lipinski definition) is 12. The summed E-state index contributed by atoms with van der Waals surface area (Å²) in [5.41, 5.74) is 3.58. The van der Waals surface area contributed by atoms with E-state index < -0.39 is 49.4 Å². The third-order valence-corrected chi connectivity index (χ3v) is 9.94. The molecule has 1 saturated heterocycles. The van der Waals surface area contributed by atoms with E-state index in [1.54, 1.807) is 0 Å². The highest BCUT2D eigenvalue weighted by molar-refractivity contribution is 8.13. The first-order valence-corrected chi connectivity index (χ1v) is 15.9. The van der Waals surface area contributed by atoms with Crippen LogP contribution in [-0.2, 0) is 29.7 Å². The molecule has 6 N–H and O–H groups in total. The molecule has 4 rings (SSSR count). The fraction of sp³-hybridized carbons (Fsp3) is 0.538. The third-order valence-electron chi connectivity index (χ3n) is 7.20. The van der Waals surface area contributed by atoms with E-state index in [1.807, 2.05) is 51.1 Å². The summed E-state index contributed by atoms with van der Waals surface area (Å²) in [7, 11) is -3.99. The first kappa shape index (κ1) is 32.3. The number of nitrogens with zero attached hydrogens (tertiary/aromatic N) is 3. The molecule has 3 aromatic rings. The average molecular weight is 625 g/mol. The zero-order valence-electron chi connectivity index (χ0n) is 23.9. The number of hydrogen-bond donors (Lipinski definition) is 5. The van der Waals surface area contributed by atoms with Gasteiger partial charge in [-0.05, 0) is 18.9 Å². The van der Waals surface area contributed by atoms with Crippen LogP contribution >= 0.6 is 19.5 Å². The Bertz CT molecular complexity index is 1500. The number of nitrogen functional groups attached to an aromatic ring is 1. The zero-order chi connectivity index (χ0) is 30.7. The molecule has 0 bridgehead atoms. The normalized spacial score (nSPS) is 24.2. The summed E-state index contributed by atoms with van der Waals surface area (Å²) in [6.07, 6.45) is -1.95. The lowest BCUT2D eigenvalue weighted by Crippen LogP contribution is -2.44. The van der Waals surface area contributed by atoms with Crippen LogP contribution in [0.1, 0.15) is 45.9 Å². The smallest absolute Gasteiger partial charge is 0.387 e. The number of rotatable bonds is 13. The summed E-state index contributed by atoms with van der Waals surface area (Å²) in [5, 5.41) is 25.0. The van der Waals surface area contributed by atoms with Gasteiger partial charge in [0.15, 0.2) is 22.5 Å². The van der Waals surface area contributed by atoms with Gasteiger partial charge < -0.3 is 20.7 Å². The number of thioether (sulfide) groups is 1. The van der Waals surface area contributed by atoms with Gasteiger partial charge in [0.2, 0.25) is 5.95 Å². The average Bonchev–Trinajstić information content (AvgIpc) is 3.47. The van der Waals surface area contributed by atoms with Gasteiger partial charge in [0.1, 0.15) is 17.8 Å². The molecule has 0 saturated carbocycles. The monoisotopic (exact) mass is 624 g/mol. The summed E-state index contributed by atoms with van der Waals surface area (Å²) in [6.45, 7) is 6.70. The molecule has 0 spiro atoms. The summed E-state index contributed by atoms with van der Waals surface area (Å²) in [4.78, 5) is 35.1. The van der Waals surface area contributed by atoms with Gasteiger partial charge in [-0.2, -0.15) is 4.98 Å². The third kappa shape index (κ3) is 7.12. The van der Waals surface area contributed by atoms with E-state index >= 15 is 0 Å². The van der Waals surface area contributed by atoms with Gasteiger partial charge >= 0.3 is 7.75 Å². The molecule has 3 heterocycles. The molecule has 16 heteroatoms. The lowest BCUT2D eigenvalue weighted by Gasteiger charge is -2.27. The van der Waals surface area contributed by atoms with Crippen molar-refractivity contribution in [2.24, 2.45) is 5.41 Å². The van der Waals surface area contributed by atoms with Crippen LogP contribution in [0.25, 0.3) is 11.2 Å². The number of fused-ring (bicyclic) bond motifs is 1. The molecule has 1 fully saturated rings. The Morgan fingerprint density at radius 1 is 1.33 bits per heavy atom. The predicted molar refractivity (Wildman–Crippen MR) is 157 cm³/mol. The van der Waals surface area contributed by atoms with Crippen LogP contribution in [0.2, 0.25) is 0 Å². The second-order valence-corrected chi connectivity index (χ2v) is 13.7. The Balaban J connectivity index is 1.46. The summed E-state index contributed by atoms with van der Waals surface area (Å²) in [6, 6.07) is 9.20. The minimum atomic E-state index is -3.99. The second-order valence-electron chi connectivity index (χ2n) is 10.8. The molecule has 42 heavy (non-hydrogen) atoms. The molecule has 5 atom stereocenters. The molecular weight excluding hydrogens is 587 g/mol. The number of H-pyrrole nitrogens is 1. The van der Waals surface area contributed by atoms with E-state index in [9.17, 15) is 24.4 Å². The lowest BCUT2D eigenvalue weighted by atomic mass is 9.92. The van der Waals surface area contributed by atoms with Crippen molar-refractivity contribution < 1.29 is 33.4 Å². The highest BCUT2D eigenvalue weighted by Crippen LogP contribution is 2.47. The van der Waals surface area contributed by atoms with Gasteiger partial charge in [0.25, 0.3) is 5.56 Å². The summed E-state index contributed by atoms with van der Waals surface area (Å²) in [5.74, 6) is 0.0957. The number of aliphatic hydroxyl groups is 2. The van der Waals surface area contributed by atoms with Crippen LogP contribution in [0.15, 0.2) is 41.5 Å². The molecule has 2 unspecified atom stereocenters. The first-order valence-electron chi connectivity index (χ1n) is 13.4. The SMILES string of the molecule is CCC(C)(C)C(=O)SCCOP(=O)(NCc1ccccc1)OC[C@H]1OC(n2cnc3c(=O)[nH]c(N)nc32)[C@@](C)(O)[C@H]1O. The van der Waals surface area contributed by atoms with E-state index in [2.05, 4.69) is 20.0 Å². The van der Waals surface area contributed by atoms with E-state index in [1.165, 1.54) is 17.8 Å². The standard InChI is InChI=1S/C26H37N6O8PS/c1-5-25(2,3)23(35)42-12-11-38-41(37,29-13-16-9-7-6-8-10-16)39-14-17-19(33)26(4,36)22(40-17)32-15-28-18-20(32)30-24(27)31-21(18)34/h6-10,15,17,19,22,33,36H,5,11-14H2,1-4H3,(H,29,37)(H3,27,30,31,34)/t17-,19+,22?,26+,41?/m1/s1. The van der Waals surface area contributed by atoms with Crippen LogP contribution in [-0.4, -0.2) is 71.6 Å². The number of aromatic amines is 1. The van der Waals surface area contributed by atoms with Crippen LogP contribution in [0, 0.1) is 5.41 Å². The Hall–Kier alpha value is -2.62. The molecule has 1 aliphatic heterocycles. The van der Waals surface area contributed by atoms with Crippen LogP contribution in [0.4, 0.5) is 5.95 Å². The fourth-order valence-electron chi connectivity index (χ4n) is 4.21. The molecule has 14 nitrogen and oxygen atoms in total. The zero-order valence-corrected chi connectivity index (χ0v) is 25.6. The van der Waals surface area contributed by atoms with Crippen molar-refractivity contribution in [3.8, 4) is 0 Å². The number of nitrogens with two attached hydrogens (primary N) is 1. The summed E-state index contributed by atoms with van der Waals surface area (Å²) >= 11 is 1.09. The van der Waals surface area contributed by atoms with Gasteiger partial charge in [-0.15, -0.1) is 0 Å². The molecule has 1 aliphatic rings. The van der Waals surface area contributed by atoms with Crippen molar-refractivity contribution in [1.82, 2.24) is 24.6 Å². The molecule has 1 aromatic carbocycles. The number of nitrogens with one attached hydrogen (secondary N) is 2. The maximum Gasteiger partial charge on any atom is 0.405 e. The van der Waals surface area contributed by atoms with E-state index in [0.29, 0.717) is 6.42 Å². The van der Waals surface area contributed by atoms with Crippen molar-refractivity contribution >= 4 is 41.7 Å². The molecule has 230 valence electrons. The number of aliphatic hydroxyl groups excluding tert-OH is 1. The number of carbonyl (C=O) groups is 1. The van der Waals surface area contributed by atoms with Crippen molar-refractivity contribution in [3.63, 3.8) is 0 Å². The van der Waals surface area contributed by atoms with E-state index in [4.69, 9.17) is 19.5 Å². The Morgan fingerprint density at radius 3 is 2.74 bits per heavy atom. The number of imidazole rings is 1. The molecule has 0 amide bonds. The van der Waals surface area contributed by atoms with Crippen LogP contribution in [0.3, 0.4) is 0 Å². The van der Waals surface area contributed by atoms with E-state index in [0.717, 1.165) is 17.3 Å². The molecular formula is C26H37N6O8PS. The first-order chi connectivity index (χ1) is 19.8. The Labute approximate surface area is 247 Å². The largest absolute Gasteiger partial charge is 0.405 e. The summed E-state index contributed by atoms with van der Waals surface area (Å²) < 4.78 is 32.3. The van der Waals surface area contributed by atoms with Gasteiger partial charge in [0.05, 0.1) is 19.5 Å². The second kappa shape index (κ2) is 12.9. The Kier molecular flexibility index (Phi) is 9.95. The quantitative estimate of drug-likeness (QED) is 0.137. The van der Waals surface area contributed by atoms with Crippen LogP contribution in [0.5, 0.6) is 0 Å². The number of benzene rings is 1. The highest BCUT2D eigenvalue weighted by Gasteiger charge is 2.54. The van der Waals surface area contributed by atoms with Crippen molar-refractivity contribution in [2.75, 3.05) is 24.7 Å². The van der Waals surface area contributed by atoms with Gasteiger partial charge in [0, 0.05) is 17.7 Å². The van der Waals surface area contributed by atoms with Crippen LogP contribution < -0.4 is 16.4 Å². The Morgan fingerprint density at radius 2 is 2.05 bits per heavy atom. The number of anilines is 1. The predicted octanol–water partition coefficient (Wildman–Crippen LogP) is 2.34. The number of aromatic nitrogens is 4. The van der Waals surface area contributed by atoms with E-state index in [-0.39, 0.29) is 41.1 Å². The van der Waals surface area contributed by atoms with Gasteiger partial charge in [-0.1, -0.05) is 62.9 Å². The number of ether oxygens (including phenoxy) is 1. The van der Waals surface area contributed by atoms with Crippen molar-refractivity contribution in [2.45, 2.75) is 64.7 Å². The topological polar surface area (TPSA) is 204 Å². The van der Waals surface area contributed by atoms with Gasteiger partial charge in [-0.3, -0.25) is 28.2 Å². The maximum atomic E-state index is 13.7. The maximum absolute atomic E-state index is 13.7. The molecule has 2 aromatic heterocycles.